The van der Waals surface area contributed by atoms with E-state index in [9.17, 15) is 0 Å². The number of aromatic nitrogens is 2. The van der Waals surface area contributed by atoms with Crippen molar-refractivity contribution >= 4 is 5.96 Å². The van der Waals surface area contributed by atoms with E-state index in [1.165, 1.54) is 18.4 Å². The fraction of sp³-hybridized carbons (Fsp3) is 0.444. The Labute approximate surface area is 137 Å². The number of rotatable bonds is 7. The Morgan fingerprint density at radius 1 is 1.26 bits per heavy atom. The lowest BCUT2D eigenvalue weighted by atomic mass is 9.96. The van der Waals surface area contributed by atoms with Gasteiger partial charge in [0.2, 0.25) is 0 Å². The summed E-state index contributed by atoms with van der Waals surface area (Å²) in [6.07, 6.45) is 9.20. The third-order valence-electron chi connectivity index (χ3n) is 4.50. The Hall–Kier alpha value is -2.30. The number of imidazole rings is 1. The van der Waals surface area contributed by atoms with Crippen LogP contribution in [0, 0.1) is 0 Å². The number of hydrogen-bond donors (Lipinski definition) is 2. The third-order valence-corrected chi connectivity index (χ3v) is 4.50. The van der Waals surface area contributed by atoms with E-state index in [4.69, 9.17) is 0 Å². The first-order valence-electron chi connectivity index (χ1n) is 8.28. The minimum atomic E-state index is 0.301. The van der Waals surface area contributed by atoms with Gasteiger partial charge in [-0.25, -0.2) is 4.98 Å². The summed E-state index contributed by atoms with van der Waals surface area (Å²) < 4.78 is 2.09. The van der Waals surface area contributed by atoms with Crippen LogP contribution in [0.5, 0.6) is 0 Å². The number of nitrogens with one attached hydrogen (secondary N) is 2. The van der Waals surface area contributed by atoms with Crippen molar-refractivity contribution in [1.29, 1.82) is 0 Å². The largest absolute Gasteiger partial charge is 0.356 e. The molecular weight excluding hydrogens is 286 g/mol. The molecule has 1 fully saturated rings. The first kappa shape index (κ1) is 15.6. The highest BCUT2D eigenvalue weighted by Gasteiger charge is 2.43. The number of nitrogens with zero attached hydrogens (tertiary/aromatic N) is 3. The zero-order valence-electron chi connectivity index (χ0n) is 13.7. The monoisotopic (exact) mass is 311 g/mol. The van der Waals surface area contributed by atoms with E-state index in [-0.39, 0.29) is 0 Å². The van der Waals surface area contributed by atoms with Gasteiger partial charge in [0.15, 0.2) is 5.96 Å². The number of guanidine groups is 1. The normalized spacial score (nSPS) is 16.1. The molecule has 0 atom stereocenters. The van der Waals surface area contributed by atoms with Crippen molar-refractivity contribution in [3.63, 3.8) is 0 Å². The van der Waals surface area contributed by atoms with Crippen molar-refractivity contribution < 1.29 is 0 Å². The molecule has 3 rings (SSSR count). The molecule has 1 aliphatic carbocycles. The molecule has 1 aromatic heterocycles. The van der Waals surface area contributed by atoms with Crippen molar-refractivity contribution in [1.82, 2.24) is 20.2 Å². The van der Waals surface area contributed by atoms with Crippen LogP contribution in [0.3, 0.4) is 0 Å². The Morgan fingerprint density at radius 3 is 2.74 bits per heavy atom. The second-order valence-electron chi connectivity index (χ2n) is 6.15. The fourth-order valence-corrected chi connectivity index (χ4v) is 2.87. The van der Waals surface area contributed by atoms with Gasteiger partial charge in [-0.1, -0.05) is 30.3 Å². The average Bonchev–Trinajstić information content (AvgIpc) is 3.21. The highest BCUT2D eigenvalue weighted by molar-refractivity contribution is 5.79. The van der Waals surface area contributed by atoms with Gasteiger partial charge in [0.1, 0.15) is 0 Å². The van der Waals surface area contributed by atoms with E-state index in [0.29, 0.717) is 5.41 Å². The van der Waals surface area contributed by atoms with Crippen LogP contribution in [0.15, 0.2) is 54.0 Å². The summed E-state index contributed by atoms with van der Waals surface area (Å²) in [6.45, 7) is 2.81. The molecule has 0 unspecified atom stereocenters. The predicted molar refractivity (Wildman–Crippen MR) is 93.6 cm³/mol. The Balaban J connectivity index is 1.41. The maximum absolute atomic E-state index is 4.32. The minimum Gasteiger partial charge on any atom is -0.356 e. The number of hydrogen-bond acceptors (Lipinski definition) is 2. The lowest BCUT2D eigenvalue weighted by molar-refractivity contribution is 0.612. The molecule has 1 saturated carbocycles. The quantitative estimate of drug-likeness (QED) is 0.468. The molecule has 1 heterocycles. The molecule has 122 valence electrons. The van der Waals surface area contributed by atoms with E-state index in [1.54, 1.807) is 0 Å². The second kappa shape index (κ2) is 7.31. The molecular formula is C18H25N5. The first-order chi connectivity index (χ1) is 11.3. The SMILES string of the molecule is CN=C(NCCCn1ccnc1)NCC1(c2ccccc2)CC1. The van der Waals surface area contributed by atoms with E-state index in [2.05, 4.69) is 55.5 Å². The zero-order valence-corrected chi connectivity index (χ0v) is 13.7. The van der Waals surface area contributed by atoms with Crippen LogP contribution < -0.4 is 10.6 Å². The van der Waals surface area contributed by atoms with Gasteiger partial charge in [-0.3, -0.25) is 4.99 Å². The highest BCUT2D eigenvalue weighted by Crippen LogP contribution is 2.47. The van der Waals surface area contributed by atoms with Gasteiger partial charge >= 0.3 is 0 Å². The molecule has 0 saturated heterocycles. The topological polar surface area (TPSA) is 54.2 Å². The van der Waals surface area contributed by atoms with Crippen LogP contribution in [-0.2, 0) is 12.0 Å². The van der Waals surface area contributed by atoms with Gasteiger partial charge in [0, 0.05) is 44.5 Å². The summed E-state index contributed by atoms with van der Waals surface area (Å²) in [4.78, 5) is 8.37. The van der Waals surface area contributed by atoms with Crippen molar-refractivity contribution in [2.24, 2.45) is 4.99 Å². The molecule has 0 bridgehead atoms. The average molecular weight is 311 g/mol. The Kier molecular flexibility index (Phi) is 4.95. The predicted octanol–water partition coefficient (Wildman–Crippen LogP) is 2.17. The molecule has 0 aliphatic heterocycles. The van der Waals surface area contributed by atoms with Gasteiger partial charge in [-0.05, 0) is 24.8 Å². The summed E-state index contributed by atoms with van der Waals surface area (Å²) in [7, 11) is 1.83. The van der Waals surface area contributed by atoms with Gasteiger partial charge in [-0.2, -0.15) is 0 Å². The molecule has 1 aromatic carbocycles. The standard InChI is InChI=1S/C18H25N5/c1-19-17(21-10-5-12-23-13-11-20-15-23)22-14-18(8-9-18)16-6-3-2-4-7-16/h2-4,6-7,11,13,15H,5,8-10,12,14H2,1H3,(H2,19,21,22). The van der Waals surface area contributed by atoms with Crippen LogP contribution >= 0.6 is 0 Å². The van der Waals surface area contributed by atoms with Gasteiger partial charge < -0.3 is 15.2 Å². The molecule has 5 heteroatoms. The zero-order chi connectivity index (χ0) is 16.0. The van der Waals surface area contributed by atoms with Crippen LogP contribution in [0.4, 0.5) is 0 Å². The molecule has 23 heavy (non-hydrogen) atoms. The van der Waals surface area contributed by atoms with Crippen molar-refractivity contribution in [3.05, 3.63) is 54.6 Å². The van der Waals surface area contributed by atoms with Crippen LogP contribution in [0.2, 0.25) is 0 Å². The Bertz CT molecular complexity index is 614. The lowest BCUT2D eigenvalue weighted by Gasteiger charge is -2.19. The molecule has 2 N–H and O–H groups in total. The maximum Gasteiger partial charge on any atom is 0.191 e. The van der Waals surface area contributed by atoms with E-state index >= 15 is 0 Å². The lowest BCUT2D eigenvalue weighted by Crippen LogP contribution is -2.41. The summed E-state index contributed by atoms with van der Waals surface area (Å²) in [6, 6.07) is 10.8. The fourth-order valence-electron chi connectivity index (χ4n) is 2.87. The number of benzene rings is 1. The first-order valence-corrected chi connectivity index (χ1v) is 8.28. The van der Waals surface area contributed by atoms with E-state index in [1.807, 2.05) is 25.8 Å². The summed E-state index contributed by atoms with van der Waals surface area (Å²) >= 11 is 0. The van der Waals surface area contributed by atoms with E-state index < -0.39 is 0 Å². The van der Waals surface area contributed by atoms with Gasteiger partial charge in [0.25, 0.3) is 0 Å². The van der Waals surface area contributed by atoms with Crippen LogP contribution in [-0.4, -0.2) is 35.6 Å². The number of aliphatic imine (C=N–C) groups is 1. The summed E-state index contributed by atoms with van der Waals surface area (Å²) in [5, 5.41) is 6.87. The van der Waals surface area contributed by atoms with E-state index in [0.717, 1.165) is 32.0 Å². The van der Waals surface area contributed by atoms with Gasteiger partial charge in [0.05, 0.1) is 6.33 Å². The van der Waals surface area contributed by atoms with Crippen LogP contribution in [0.1, 0.15) is 24.8 Å². The molecule has 2 aromatic rings. The highest BCUT2D eigenvalue weighted by atomic mass is 15.2. The summed E-state index contributed by atoms with van der Waals surface area (Å²) in [5.41, 5.74) is 1.73. The Morgan fingerprint density at radius 2 is 2.09 bits per heavy atom. The maximum atomic E-state index is 4.32. The molecule has 0 amide bonds. The molecule has 5 nitrogen and oxygen atoms in total. The number of aryl methyl sites for hydroxylation is 1. The third kappa shape index (κ3) is 4.12. The molecule has 1 aliphatic rings. The van der Waals surface area contributed by atoms with Crippen molar-refractivity contribution in [2.75, 3.05) is 20.1 Å². The smallest absolute Gasteiger partial charge is 0.191 e. The van der Waals surface area contributed by atoms with Crippen molar-refractivity contribution in [2.45, 2.75) is 31.2 Å². The molecule has 0 spiro atoms. The summed E-state index contributed by atoms with van der Waals surface area (Å²) in [5.74, 6) is 0.887. The van der Waals surface area contributed by atoms with Crippen molar-refractivity contribution in [3.8, 4) is 0 Å². The van der Waals surface area contributed by atoms with Gasteiger partial charge in [-0.15, -0.1) is 0 Å². The van der Waals surface area contributed by atoms with Crippen LogP contribution in [0.25, 0.3) is 0 Å². The molecule has 0 radical (unpaired) electrons. The second-order valence-corrected chi connectivity index (χ2v) is 6.15. The minimum absolute atomic E-state index is 0.301.